The fourth-order valence-corrected chi connectivity index (χ4v) is 12.3. The van der Waals surface area contributed by atoms with Crippen LogP contribution < -0.4 is 0 Å². The number of aromatic nitrogens is 8. The molecule has 4 heterocycles. The van der Waals surface area contributed by atoms with E-state index in [0.717, 1.165) is 89.1 Å². The van der Waals surface area contributed by atoms with E-state index in [9.17, 15) is 0 Å². The molecule has 422 valence electrons. The molecule has 0 unspecified atom stereocenters. The summed E-state index contributed by atoms with van der Waals surface area (Å²) >= 11 is 0. The molecule has 0 radical (unpaired) electrons. The predicted molar refractivity (Wildman–Crippen MR) is 363 cm³/mol. The van der Waals surface area contributed by atoms with Gasteiger partial charge in [-0.1, -0.05) is 236 Å². The van der Waals surface area contributed by atoms with Gasteiger partial charge in [0.05, 0.1) is 27.8 Å². The minimum atomic E-state index is -0.0414. The number of hydrogen-bond donors (Lipinski definition) is 0. The van der Waals surface area contributed by atoms with Crippen LogP contribution in [0.15, 0.2) is 267 Å². The molecule has 0 N–H and O–H groups in total. The normalized spacial score (nSPS) is 12.0. The van der Waals surface area contributed by atoms with Crippen LogP contribution in [0.5, 0.6) is 0 Å². The van der Waals surface area contributed by atoms with Crippen molar-refractivity contribution >= 4 is 43.6 Å². The van der Waals surface area contributed by atoms with Gasteiger partial charge in [0.25, 0.3) is 0 Å². The van der Waals surface area contributed by atoms with Crippen LogP contribution in [-0.4, -0.2) is 39.0 Å². The molecule has 0 bridgehead atoms. The van der Waals surface area contributed by atoms with E-state index in [4.69, 9.17) is 29.9 Å². The molecule has 88 heavy (non-hydrogen) atoms. The molecular weight excluding hydrogens is 1070 g/mol. The Morgan fingerprint density at radius 2 is 0.591 bits per heavy atom. The highest BCUT2D eigenvalue weighted by atomic mass is 15.1. The lowest BCUT2D eigenvalue weighted by molar-refractivity contribution is 0.591. The zero-order chi connectivity index (χ0) is 59.7. The average molecular weight is 1140 g/mol. The Hall–Kier alpha value is -11.0. The first-order valence-electron chi connectivity index (χ1n) is 30.1. The van der Waals surface area contributed by atoms with Crippen molar-refractivity contribution in [2.75, 3.05) is 0 Å². The summed E-state index contributed by atoms with van der Waals surface area (Å²) in [6.45, 7) is 13.7. The Balaban J connectivity index is 0.959. The lowest BCUT2D eigenvalue weighted by atomic mass is 9.86. The third kappa shape index (κ3) is 9.88. The smallest absolute Gasteiger partial charge is 0.166 e. The lowest BCUT2D eigenvalue weighted by Gasteiger charge is -2.20. The Morgan fingerprint density at radius 1 is 0.239 bits per heavy atom. The highest BCUT2D eigenvalue weighted by Crippen LogP contribution is 2.43. The third-order valence-electron chi connectivity index (χ3n) is 16.9. The minimum Gasteiger partial charge on any atom is -0.309 e. The third-order valence-corrected chi connectivity index (χ3v) is 16.9. The molecule has 0 fully saturated rings. The van der Waals surface area contributed by atoms with Crippen LogP contribution in [0.4, 0.5) is 0 Å². The van der Waals surface area contributed by atoms with Crippen LogP contribution in [-0.2, 0) is 10.8 Å². The Bertz CT molecular complexity index is 5030. The summed E-state index contributed by atoms with van der Waals surface area (Å²) in [6.07, 6.45) is 0. The van der Waals surface area contributed by atoms with E-state index in [2.05, 4.69) is 245 Å². The second-order valence-electron chi connectivity index (χ2n) is 24.8. The monoisotopic (exact) mass is 1130 g/mol. The van der Waals surface area contributed by atoms with Crippen LogP contribution in [0.2, 0.25) is 0 Å². The van der Waals surface area contributed by atoms with E-state index >= 15 is 0 Å². The molecule has 0 aliphatic rings. The molecular formula is C80H62N8. The summed E-state index contributed by atoms with van der Waals surface area (Å²) in [6, 6.07) is 94.5. The summed E-state index contributed by atoms with van der Waals surface area (Å²) in [5.41, 5.74) is 18.3. The second kappa shape index (κ2) is 21.5. The van der Waals surface area contributed by atoms with Crippen LogP contribution in [0.3, 0.4) is 0 Å². The molecule has 11 aromatic carbocycles. The van der Waals surface area contributed by atoms with Crippen LogP contribution >= 0.6 is 0 Å². The summed E-state index contributed by atoms with van der Waals surface area (Å²) in [4.78, 5) is 31.7. The van der Waals surface area contributed by atoms with Crippen LogP contribution in [0.1, 0.15) is 52.7 Å². The van der Waals surface area contributed by atoms with Crippen LogP contribution in [0, 0.1) is 0 Å². The van der Waals surface area contributed by atoms with Crippen molar-refractivity contribution in [3.63, 3.8) is 0 Å². The number of para-hydroxylation sites is 2. The molecule has 4 aromatic heterocycles. The first kappa shape index (κ1) is 53.7. The topological polar surface area (TPSA) is 87.2 Å². The second-order valence-corrected chi connectivity index (χ2v) is 24.8. The maximum atomic E-state index is 5.41. The molecule has 0 atom stereocenters. The maximum Gasteiger partial charge on any atom is 0.166 e. The van der Waals surface area contributed by atoms with Gasteiger partial charge in [0, 0.05) is 60.6 Å². The van der Waals surface area contributed by atoms with Gasteiger partial charge in [0.1, 0.15) is 0 Å². The Labute approximate surface area is 512 Å². The average Bonchev–Trinajstić information content (AvgIpc) is 1.67. The predicted octanol–water partition coefficient (Wildman–Crippen LogP) is 20.2. The molecule has 15 aromatic rings. The van der Waals surface area contributed by atoms with E-state index in [1.54, 1.807) is 0 Å². The SMILES string of the molecule is CC(C)(C)c1ccc2c(c1)c1ccccc1n2-c1cc(-c2cccc(-c3ccc(-n4c5ccccc5c5cc(C(C)(C)C)ccc54)c(-c4nc(-c5ccccc5)nc(-c5ccccc5)n4)c3)c2)cc(-c2nc(-c3ccccc3)nc(-c3ccccc3)n2)c1. The fourth-order valence-electron chi connectivity index (χ4n) is 12.3. The molecule has 8 nitrogen and oxygen atoms in total. The minimum absolute atomic E-state index is 0.0365. The van der Waals surface area contributed by atoms with E-state index < -0.39 is 0 Å². The molecule has 0 spiro atoms. The molecule has 0 saturated carbocycles. The molecule has 15 rings (SSSR count). The number of nitrogens with zero attached hydrogens (tertiary/aromatic N) is 8. The van der Waals surface area contributed by atoms with Crippen molar-refractivity contribution in [1.29, 1.82) is 0 Å². The van der Waals surface area contributed by atoms with Crippen molar-refractivity contribution in [2.24, 2.45) is 0 Å². The van der Waals surface area contributed by atoms with Gasteiger partial charge in [0.15, 0.2) is 34.9 Å². The van der Waals surface area contributed by atoms with E-state index in [0.29, 0.717) is 34.9 Å². The highest BCUT2D eigenvalue weighted by molar-refractivity contribution is 6.11. The molecule has 8 heteroatoms. The lowest BCUT2D eigenvalue weighted by Crippen LogP contribution is -2.10. The molecule has 0 amide bonds. The molecule has 0 saturated heterocycles. The zero-order valence-electron chi connectivity index (χ0n) is 50.0. The van der Waals surface area contributed by atoms with Crippen molar-refractivity contribution in [3.05, 3.63) is 278 Å². The van der Waals surface area contributed by atoms with Crippen LogP contribution in [0.25, 0.3) is 146 Å². The summed E-state index contributed by atoms with van der Waals surface area (Å²) in [7, 11) is 0. The number of benzene rings is 11. The highest BCUT2D eigenvalue weighted by Gasteiger charge is 2.25. The number of hydrogen-bond acceptors (Lipinski definition) is 6. The first-order chi connectivity index (χ1) is 42.9. The Kier molecular flexibility index (Phi) is 13.1. The van der Waals surface area contributed by atoms with Crippen molar-refractivity contribution in [1.82, 2.24) is 39.0 Å². The number of rotatable bonds is 10. The van der Waals surface area contributed by atoms with Crippen molar-refractivity contribution in [3.8, 4) is 102 Å². The maximum absolute atomic E-state index is 5.41. The van der Waals surface area contributed by atoms with Gasteiger partial charge in [-0.25, -0.2) is 29.9 Å². The summed E-state index contributed by atoms with van der Waals surface area (Å²) < 4.78 is 4.79. The molecule has 0 aliphatic carbocycles. The van der Waals surface area contributed by atoms with Crippen molar-refractivity contribution in [2.45, 2.75) is 52.4 Å². The molecule has 0 aliphatic heterocycles. The van der Waals surface area contributed by atoms with Gasteiger partial charge < -0.3 is 9.13 Å². The summed E-state index contributed by atoms with van der Waals surface area (Å²) in [5.74, 6) is 3.54. The fraction of sp³-hybridized carbons (Fsp3) is 0.100. The van der Waals surface area contributed by atoms with Gasteiger partial charge in [-0.3, -0.25) is 0 Å². The van der Waals surface area contributed by atoms with Gasteiger partial charge in [-0.15, -0.1) is 0 Å². The number of fused-ring (bicyclic) bond motifs is 6. The van der Waals surface area contributed by atoms with Gasteiger partial charge in [-0.2, -0.15) is 0 Å². The summed E-state index contributed by atoms with van der Waals surface area (Å²) in [5, 5.41) is 4.77. The van der Waals surface area contributed by atoms with Crippen molar-refractivity contribution < 1.29 is 0 Å². The quantitative estimate of drug-likeness (QED) is 0.136. The zero-order valence-corrected chi connectivity index (χ0v) is 50.0. The van der Waals surface area contributed by atoms with E-state index in [-0.39, 0.29) is 10.8 Å². The van der Waals surface area contributed by atoms with E-state index in [1.807, 2.05) is 72.8 Å². The standard InChI is InChI=1S/C80H62N8/c1-79(2,3)60-39-42-70-65(49-60)63-34-19-21-36-68(63)87(70)62-46-58(45-59(47-62)77-83-73(51-24-11-7-12-25-51)81-74(84-77)52-26-13-8-14-27-52)56-33-23-32-55(44-56)57-38-41-72(88-69-37-22-20-35-64(69)66-50-61(80(4,5)6)40-43-71(66)88)67(48-57)78-85-75(53-28-15-9-16-29-53)82-76(86-78)54-30-17-10-18-31-54/h7-50H,1-6H3. The van der Waals surface area contributed by atoms with Gasteiger partial charge in [-0.05, 0) is 117 Å². The Morgan fingerprint density at radius 3 is 1.07 bits per heavy atom. The van der Waals surface area contributed by atoms with E-state index in [1.165, 1.54) is 32.7 Å². The first-order valence-corrected chi connectivity index (χ1v) is 30.1. The largest absolute Gasteiger partial charge is 0.309 e. The van der Waals surface area contributed by atoms with Gasteiger partial charge >= 0.3 is 0 Å². The van der Waals surface area contributed by atoms with Gasteiger partial charge in [0.2, 0.25) is 0 Å².